The molecule has 126 valence electrons. The molecule has 1 fully saturated rings. The molecule has 0 aromatic rings. The molecule has 21 heavy (non-hydrogen) atoms. The minimum atomic E-state index is -3.31. The van der Waals surface area contributed by atoms with Gasteiger partial charge < -0.3 is 5.32 Å². The van der Waals surface area contributed by atoms with E-state index in [4.69, 9.17) is 0 Å². The molecule has 1 saturated heterocycles. The van der Waals surface area contributed by atoms with Crippen LogP contribution in [-0.2, 0) is 10.2 Å². The molecule has 1 rings (SSSR count). The monoisotopic (exact) mass is 319 g/mol. The molecule has 0 unspecified atom stereocenters. The Labute approximate surface area is 131 Å². The Morgan fingerprint density at radius 3 is 1.95 bits per heavy atom. The zero-order valence-corrected chi connectivity index (χ0v) is 15.1. The third kappa shape index (κ3) is 5.85. The summed E-state index contributed by atoms with van der Waals surface area (Å²) in [6, 6.07) is 0. The first-order chi connectivity index (χ1) is 9.77. The molecular weight excluding hydrogens is 286 g/mol. The highest BCUT2D eigenvalue weighted by Gasteiger charge is 2.33. The predicted octanol–water partition coefficient (Wildman–Crippen LogP) is 1.78. The molecule has 0 amide bonds. The second-order valence-electron chi connectivity index (χ2n) is 7.01. The molecule has 1 aliphatic rings. The highest BCUT2D eigenvalue weighted by molar-refractivity contribution is 7.86. The van der Waals surface area contributed by atoms with E-state index in [1.54, 1.807) is 8.61 Å². The van der Waals surface area contributed by atoms with Crippen molar-refractivity contribution in [2.45, 2.75) is 40.5 Å². The van der Waals surface area contributed by atoms with Crippen molar-refractivity contribution in [2.24, 2.45) is 17.8 Å². The van der Waals surface area contributed by atoms with E-state index in [0.717, 1.165) is 19.4 Å². The van der Waals surface area contributed by atoms with Gasteiger partial charge in [0.25, 0.3) is 10.2 Å². The van der Waals surface area contributed by atoms with Crippen molar-refractivity contribution in [3.8, 4) is 0 Å². The topological polar surface area (TPSA) is 52.7 Å². The lowest BCUT2D eigenvalue weighted by Crippen LogP contribution is -2.49. The standard InChI is InChI=1S/C15H33N3O2S/c1-13(2)11-18(12-14(3)4)21(19,20)17-8-6-15(7-9-17)10-16-5/h13-16H,6-12H2,1-5H3. The summed E-state index contributed by atoms with van der Waals surface area (Å²) in [6.45, 7) is 11.8. The lowest BCUT2D eigenvalue weighted by Gasteiger charge is -2.36. The normalized spacial score (nSPS) is 19.0. The van der Waals surface area contributed by atoms with E-state index in [1.165, 1.54) is 0 Å². The minimum Gasteiger partial charge on any atom is -0.319 e. The first-order valence-electron chi connectivity index (χ1n) is 8.17. The van der Waals surface area contributed by atoms with Gasteiger partial charge in [0, 0.05) is 26.2 Å². The van der Waals surface area contributed by atoms with Crippen molar-refractivity contribution >= 4 is 10.2 Å². The van der Waals surface area contributed by atoms with Crippen molar-refractivity contribution in [3.63, 3.8) is 0 Å². The first kappa shape index (κ1) is 18.9. The Bertz CT molecular complexity index is 378. The van der Waals surface area contributed by atoms with Crippen molar-refractivity contribution in [1.82, 2.24) is 13.9 Å². The summed E-state index contributed by atoms with van der Waals surface area (Å²) in [7, 11) is -1.35. The molecule has 0 aromatic carbocycles. The van der Waals surface area contributed by atoms with E-state index < -0.39 is 10.2 Å². The van der Waals surface area contributed by atoms with E-state index >= 15 is 0 Å². The van der Waals surface area contributed by atoms with E-state index in [-0.39, 0.29) is 0 Å². The Kier molecular flexibility index (Phi) is 7.60. The summed E-state index contributed by atoms with van der Waals surface area (Å²) in [6.07, 6.45) is 1.91. The van der Waals surface area contributed by atoms with Crippen molar-refractivity contribution in [1.29, 1.82) is 0 Å². The van der Waals surface area contributed by atoms with Gasteiger partial charge >= 0.3 is 0 Å². The van der Waals surface area contributed by atoms with Gasteiger partial charge in [0.2, 0.25) is 0 Å². The molecule has 0 radical (unpaired) electrons. The average molecular weight is 320 g/mol. The quantitative estimate of drug-likeness (QED) is 0.742. The van der Waals surface area contributed by atoms with Gasteiger partial charge in [-0.15, -0.1) is 0 Å². The number of nitrogens with zero attached hydrogens (tertiary/aromatic N) is 2. The molecule has 0 atom stereocenters. The van der Waals surface area contributed by atoms with Crippen molar-refractivity contribution in [3.05, 3.63) is 0 Å². The van der Waals surface area contributed by atoms with Gasteiger partial charge in [-0.1, -0.05) is 27.7 Å². The largest absolute Gasteiger partial charge is 0.319 e. The van der Waals surface area contributed by atoms with Crippen LogP contribution in [-0.4, -0.2) is 56.8 Å². The van der Waals surface area contributed by atoms with E-state index in [0.29, 0.717) is 43.9 Å². The van der Waals surface area contributed by atoms with E-state index in [1.807, 2.05) is 7.05 Å². The Morgan fingerprint density at radius 1 is 1.10 bits per heavy atom. The van der Waals surface area contributed by atoms with Gasteiger partial charge in [-0.3, -0.25) is 0 Å². The Balaban J connectivity index is 2.72. The lowest BCUT2D eigenvalue weighted by atomic mass is 9.98. The maximum Gasteiger partial charge on any atom is 0.281 e. The molecule has 0 aliphatic carbocycles. The van der Waals surface area contributed by atoms with E-state index in [9.17, 15) is 8.42 Å². The molecule has 5 nitrogen and oxygen atoms in total. The molecule has 0 aromatic heterocycles. The summed E-state index contributed by atoms with van der Waals surface area (Å²) >= 11 is 0. The van der Waals surface area contributed by atoms with Crippen LogP contribution in [0.3, 0.4) is 0 Å². The lowest BCUT2D eigenvalue weighted by molar-refractivity contribution is 0.240. The predicted molar refractivity (Wildman–Crippen MR) is 88.4 cm³/mol. The van der Waals surface area contributed by atoms with Crippen LogP contribution in [0.1, 0.15) is 40.5 Å². The fourth-order valence-corrected chi connectivity index (χ4v) is 4.85. The second-order valence-corrected chi connectivity index (χ2v) is 8.94. The third-order valence-electron chi connectivity index (χ3n) is 3.86. The highest BCUT2D eigenvalue weighted by atomic mass is 32.2. The number of hydrogen-bond acceptors (Lipinski definition) is 3. The fraction of sp³-hybridized carbons (Fsp3) is 1.00. The summed E-state index contributed by atoms with van der Waals surface area (Å²) < 4.78 is 29.1. The van der Waals surface area contributed by atoms with Gasteiger partial charge in [0.1, 0.15) is 0 Å². The zero-order chi connectivity index (χ0) is 16.0. The molecular formula is C15H33N3O2S. The number of hydrogen-bond donors (Lipinski definition) is 1. The number of rotatable bonds is 8. The molecule has 1 aliphatic heterocycles. The van der Waals surface area contributed by atoms with Crippen LogP contribution in [0.25, 0.3) is 0 Å². The molecule has 0 bridgehead atoms. The van der Waals surface area contributed by atoms with Crippen LogP contribution in [0.2, 0.25) is 0 Å². The second kappa shape index (κ2) is 8.46. The summed E-state index contributed by atoms with van der Waals surface area (Å²) in [4.78, 5) is 0. The Hall–Kier alpha value is -0.170. The van der Waals surface area contributed by atoms with Crippen LogP contribution in [0.5, 0.6) is 0 Å². The average Bonchev–Trinajstić information content (AvgIpc) is 2.38. The number of nitrogens with one attached hydrogen (secondary N) is 1. The first-order valence-corrected chi connectivity index (χ1v) is 9.56. The molecule has 1 heterocycles. The maximum atomic E-state index is 12.9. The highest BCUT2D eigenvalue weighted by Crippen LogP contribution is 2.22. The van der Waals surface area contributed by atoms with E-state index in [2.05, 4.69) is 33.0 Å². The van der Waals surface area contributed by atoms with Gasteiger partial charge in [0.05, 0.1) is 0 Å². The van der Waals surface area contributed by atoms with Gasteiger partial charge in [-0.2, -0.15) is 17.0 Å². The molecule has 0 saturated carbocycles. The SMILES string of the molecule is CNCC1CCN(S(=O)(=O)N(CC(C)C)CC(C)C)CC1. The van der Waals surface area contributed by atoms with Crippen molar-refractivity contribution < 1.29 is 8.42 Å². The van der Waals surface area contributed by atoms with Gasteiger partial charge in [0.15, 0.2) is 0 Å². The van der Waals surface area contributed by atoms with Crippen molar-refractivity contribution in [2.75, 3.05) is 39.8 Å². The molecule has 0 spiro atoms. The summed E-state index contributed by atoms with van der Waals surface area (Å²) in [5.74, 6) is 1.30. The minimum absolute atomic E-state index is 0.348. The van der Waals surface area contributed by atoms with Gasteiger partial charge in [-0.25, -0.2) is 0 Å². The summed E-state index contributed by atoms with van der Waals surface area (Å²) in [5.41, 5.74) is 0. The maximum absolute atomic E-state index is 12.9. The zero-order valence-electron chi connectivity index (χ0n) is 14.3. The Morgan fingerprint density at radius 2 is 1.57 bits per heavy atom. The van der Waals surface area contributed by atoms with Gasteiger partial charge in [-0.05, 0) is 44.2 Å². The van der Waals surface area contributed by atoms with Crippen LogP contribution < -0.4 is 5.32 Å². The number of piperidine rings is 1. The smallest absolute Gasteiger partial charge is 0.281 e. The van der Waals surface area contributed by atoms with Crippen LogP contribution in [0.4, 0.5) is 0 Å². The third-order valence-corrected chi connectivity index (χ3v) is 5.82. The fourth-order valence-electron chi connectivity index (χ4n) is 2.87. The molecule has 1 N–H and O–H groups in total. The summed E-state index contributed by atoms with van der Waals surface area (Å²) in [5, 5.41) is 3.19. The van der Waals surface area contributed by atoms with Crippen LogP contribution in [0.15, 0.2) is 0 Å². The molecule has 6 heteroatoms. The van der Waals surface area contributed by atoms with Crippen LogP contribution >= 0.6 is 0 Å². The van der Waals surface area contributed by atoms with Crippen LogP contribution in [0, 0.1) is 17.8 Å².